The van der Waals surface area contributed by atoms with E-state index in [2.05, 4.69) is 34.2 Å². The topological polar surface area (TPSA) is 41.1 Å². The molecule has 0 aliphatic heterocycles. The largest absolute Gasteiger partial charge is 0.369 e. The maximum Gasteiger partial charge on any atom is 0.149 e. The highest BCUT2D eigenvalue weighted by Gasteiger charge is 2.19. The molecule has 1 heterocycles. The third kappa shape index (κ3) is 3.32. The summed E-state index contributed by atoms with van der Waals surface area (Å²) >= 11 is 0. The van der Waals surface area contributed by atoms with Gasteiger partial charge in [0.2, 0.25) is 0 Å². The van der Waals surface area contributed by atoms with Crippen molar-refractivity contribution in [3.8, 4) is 0 Å². The van der Waals surface area contributed by atoms with Gasteiger partial charge in [0.25, 0.3) is 0 Å². The number of aromatic nitrogens is 2. The van der Waals surface area contributed by atoms with E-state index < -0.39 is 0 Å². The van der Waals surface area contributed by atoms with Gasteiger partial charge in [-0.15, -0.1) is 0 Å². The monoisotopic (exact) mass is 234 g/mol. The minimum atomic E-state index is 0.856. The second-order valence-corrected chi connectivity index (χ2v) is 4.87. The molecule has 1 fully saturated rings. The van der Waals surface area contributed by atoms with E-state index in [9.17, 15) is 0 Å². The van der Waals surface area contributed by atoms with E-state index in [-0.39, 0.29) is 0 Å². The second kappa shape index (κ2) is 5.84. The summed E-state index contributed by atoms with van der Waals surface area (Å²) in [5, 5.41) is 3.27. The lowest BCUT2D eigenvalue weighted by atomic mass is 9.85. The van der Waals surface area contributed by atoms with Crippen LogP contribution in [-0.2, 0) is 0 Å². The SMILES string of the molecule is CCCNc1cncc(N(C)CC2CCC2)n1. The molecule has 0 spiro atoms. The van der Waals surface area contributed by atoms with Gasteiger partial charge in [-0.3, -0.25) is 4.98 Å². The van der Waals surface area contributed by atoms with Gasteiger partial charge in [-0.2, -0.15) is 0 Å². The standard InChI is InChI=1S/C13H22N4/c1-3-7-15-12-8-14-9-13(16-12)17(2)10-11-5-4-6-11/h8-9,11H,3-7,10H2,1-2H3,(H,15,16). The summed E-state index contributed by atoms with van der Waals surface area (Å²) in [7, 11) is 2.10. The third-order valence-corrected chi connectivity index (χ3v) is 3.33. The molecular weight excluding hydrogens is 212 g/mol. The fourth-order valence-electron chi connectivity index (χ4n) is 2.03. The Bertz CT molecular complexity index is 349. The lowest BCUT2D eigenvalue weighted by Crippen LogP contribution is -2.30. The van der Waals surface area contributed by atoms with Crippen molar-refractivity contribution < 1.29 is 0 Å². The van der Waals surface area contributed by atoms with Crippen LogP contribution in [0.5, 0.6) is 0 Å². The highest BCUT2D eigenvalue weighted by Crippen LogP contribution is 2.27. The first-order chi connectivity index (χ1) is 8.29. The van der Waals surface area contributed by atoms with Gasteiger partial charge in [-0.25, -0.2) is 4.98 Å². The molecule has 0 atom stereocenters. The first-order valence-corrected chi connectivity index (χ1v) is 6.56. The smallest absolute Gasteiger partial charge is 0.149 e. The Labute approximate surface area is 103 Å². The molecule has 0 aromatic carbocycles. The molecule has 0 saturated heterocycles. The van der Waals surface area contributed by atoms with Crippen LogP contribution < -0.4 is 10.2 Å². The Hall–Kier alpha value is -1.32. The van der Waals surface area contributed by atoms with E-state index in [4.69, 9.17) is 0 Å². The summed E-state index contributed by atoms with van der Waals surface area (Å²) < 4.78 is 0. The molecular formula is C13H22N4. The summed E-state index contributed by atoms with van der Waals surface area (Å²) in [4.78, 5) is 11.0. The molecule has 1 aromatic rings. The van der Waals surface area contributed by atoms with E-state index in [0.717, 1.165) is 37.1 Å². The molecule has 0 bridgehead atoms. The first kappa shape index (κ1) is 12.1. The molecule has 4 heteroatoms. The van der Waals surface area contributed by atoms with Gasteiger partial charge < -0.3 is 10.2 Å². The summed E-state index contributed by atoms with van der Waals surface area (Å²) in [5.41, 5.74) is 0. The van der Waals surface area contributed by atoms with Gasteiger partial charge in [0, 0.05) is 20.1 Å². The van der Waals surface area contributed by atoms with Crippen LogP contribution in [0.25, 0.3) is 0 Å². The average molecular weight is 234 g/mol. The molecule has 0 unspecified atom stereocenters. The summed E-state index contributed by atoms with van der Waals surface area (Å²) in [6, 6.07) is 0. The van der Waals surface area contributed by atoms with Crippen molar-refractivity contribution in [2.24, 2.45) is 5.92 Å². The molecule has 4 nitrogen and oxygen atoms in total. The Morgan fingerprint density at radius 3 is 2.88 bits per heavy atom. The first-order valence-electron chi connectivity index (χ1n) is 6.56. The average Bonchev–Trinajstić information content (AvgIpc) is 2.31. The lowest BCUT2D eigenvalue weighted by molar-refractivity contribution is 0.321. The maximum absolute atomic E-state index is 4.57. The number of hydrogen-bond acceptors (Lipinski definition) is 4. The Kier molecular flexibility index (Phi) is 4.18. The van der Waals surface area contributed by atoms with Crippen LogP contribution in [0.15, 0.2) is 12.4 Å². The van der Waals surface area contributed by atoms with Crippen molar-refractivity contribution in [3.63, 3.8) is 0 Å². The van der Waals surface area contributed by atoms with E-state index in [0.29, 0.717) is 0 Å². The molecule has 1 N–H and O–H groups in total. The van der Waals surface area contributed by atoms with Crippen molar-refractivity contribution in [1.82, 2.24) is 9.97 Å². The number of anilines is 2. The summed E-state index contributed by atoms with van der Waals surface area (Å²) in [6.45, 7) is 4.20. The number of hydrogen-bond donors (Lipinski definition) is 1. The van der Waals surface area contributed by atoms with Crippen LogP contribution in [0.4, 0.5) is 11.6 Å². The molecule has 1 aliphatic carbocycles. The normalized spacial score (nSPS) is 15.4. The van der Waals surface area contributed by atoms with Crippen LogP contribution in [-0.4, -0.2) is 30.1 Å². The van der Waals surface area contributed by atoms with Crippen LogP contribution in [0.1, 0.15) is 32.6 Å². The van der Waals surface area contributed by atoms with Gasteiger partial charge in [-0.1, -0.05) is 13.3 Å². The van der Waals surface area contributed by atoms with Gasteiger partial charge in [-0.05, 0) is 25.2 Å². The van der Waals surface area contributed by atoms with E-state index in [1.165, 1.54) is 19.3 Å². The highest BCUT2D eigenvalue weighted by atomic mass is 15.2. The zero-order valence-electron chi connectivity index (χ0n) is 10.8. The number of rotatable bonds is 6. The van der Waals surface area contributed by atoms with Crippen molar-refractivity contribution in [3.05, 3.63) is 12.4 Å². The van der Waals surface area contributed by atoms with Crippen LogP contribution in [0, 0.1) is 5.92 Å². The van der Waals surface area contributed by atoms with Crippen LogP contribution in [0.2, 0.25) is 0 Å². The predicted molar refractivity (Wildman–Crippen MR) is 71.4 cm³/mol. The number of nitrogens with one attached hydrogen (secondary N) is 1. The molecule has 0 radical (unpaired) electrons. The molecule has 1 aliphatic rings. The van der Waals surface area contributed by atoms with Crippen molar-refractivity contribution in [2.45, 2.75) is 32.6 Å². The van der Waals surface area contributed by atoms with Gasteiger partial charge in [0.1, 0.15) is 11.6 Å². The molecule has 1 saturated carbocycles. The Balaban J connectivity index is 1.93. The highest BCUT2D eigenvalue weighted by molar-refractivity contribution is 5.43. The molecule has 2 rings (SSSR count). The summed E-state index contributed by atoms with van der Waals surface area (Å²) in [6.07, 6.45) is 8.86. The van der Waals surface area contributed by atoms with Gasteiger partial charge in [0.05, 0.1) is 12.4 Å². The van der Waals surface area contributed by atoms with Crippen molar-refractivity contribution in [1.29, 1.82) is 0 Å². The minimum Gasteiger partial charge on any atom is -0.369 e. The van der Waals surface area contributed by atoms with Crippen molar-refractivity contribution in [2.75, 3.05) is 30.4 Å². The van der Waals surface area contributed by atoms with E-state index in [1.807, 2.05) is 6.20 Å². The van der Waals surface area contributed by atoms with Crippen LogP contribution in [0.3, 0.4) is 0 Å². The van der Waals surface area contributed by atoms with E-state index >= 15 is 0 Å². The predicted octanol–water partition coefficient (Wildman–Crippen LogP) is 2.53. The number of nitrogens with zero attached hydrogens (tertiary/aromatic N) is 3. The van der Waals surface area contributed by atoms with E-state index in [1.54, 1.807) is 6.20 Å². The third-order valence-electron chi connectivity index (χ3n) is 3.33. The Morgan fingerprint density at radius 2 is 2.24 bits per heavy atom. The van der Waals surface area contributed by atoms with Crippen molar-refractivity contribution >= 4 is 11.6 Å². The summed E-state index contributed by atoms with van der Waals surface area (Å²) in [5.74, 6) is 2.71. The second-order valence-electron chi connectivity index (χ2n) is 4.87. The van der Waals surface area contributed by atoms with Gasteiger partial charge in [0.15, 0.2) is 0 Å². The molecule has 1 aromatic heterocycles. The van der Waals surface area contributed by atoms with Crippen LogP contribution >= 0.6 is 0 Å². The minimum absolute atomic E-state index is 0.856. The quantitative estimate of drug-likeness (QED) is 0.821. The fourth-order valence-corrected chi connectivity index (χ4v) is 2.03. The maximum atomic E-state index is 4.57. The molecule has 94 valence electrons. The van der Waals surface area contributed by atoms with Gasteiger partial charge >= 0.3 is 0 Å². The molecule has 0 amide bonds. The lowest BCUT2D eigenvalue weighted by Gasteiger charge is -2.30. The Morgan fingerprint density at radius 1 is 1.41 bits per heavy atom. The zero-order chi connectivity index (χ0) is 12.1. The zero-order valence-corrected chi connectivity index (χ0v) is 10.8. The fraction of sp³-hybridized carbons (Fsp3) is 0.692. The molecule has 17 heavy (non-hydrogen) atoms.